The Morgan fingerprint density at radius 2 is 2.00 bits per heavy atom. The molecule has 0 aliphatic carbocycles. The van der Waals surface area contributed by atoms with E-state index in [4.69, 9.17) is 5.73 Å². The number of hydrogen-bond acceptors (Lipinski definition) is 5. The molecular weight excluding hydrogens is 363 g/mol. The summed E-state index contributed by atoms with van der Waals surface area (Å²) in [4.78, 5) is 23.6. The van der Waals surface area contributed by atoms with Gasteiger partial charge in [0.15, 0.2) is 0 Å². The number of urea groups is 1. The van der Waals surface area contributed by atoms with Gasteiger partial charge >= 0.3 is 6.03 Å². The van der Waals surface area contributed by atoms with E-state index in [1.807, 2.05) is 13.8 Å². The zero-order valence-electron chi connectivity index (χ0n) is 13.8. The van der Waals surface area contributed by atoms with E-state index in [9.17, 15) is 14.0 Å². The monoisotopic (exact) mass is 382 g/mol. The lowest BCUT2D eigenvalue weighted by atomic mass is 10.2. The summed E-state index contributed by atoms with van der Waals surface area (Å²) < 4.78 is 17.1. The highest BCUT2D eigenvalue weighted by Crippen LogP contribution is 2.33. The van der Waals surface area contributed by atoms with Gasteiger partial charge in [-0.2, -0.15) is 4.37 Å². The fraction of sp³-hybridized carbons (Fsp3) is 0.312. The van der Waals surface area contributed by atoms with Crippen molar-refractivity contribution in [1.29, 1.82) is 0 Å². The maximum atomic E-state index is 12.9. The highest BCUT2D eigenvalue weighted by atomic mass is 32.2. The summed E-state index contributed by atoms with van der Waals surface area (Å²) in [5.41, 5.74) is 6.52. The van der Waals surface area contributed by atoms with Crippen LogP contribution >= 0.6 is 23.3 Å². The van der Waals surface area contributed by atoms with Crippen molar-refractivity contribution < 1.29 is 14.0 Å². The minimum absolute atomic E-state index is 0.191. The highest BCUT2D eigenvalue weighted by Gasteiger charge is 2.21. The second kappa shape index (κ2) is 8.82. The van der Waals surface area contributed by atoms with Crippen LogP contribution in [0.15, 0.2) is 29.3 Å². The normalized spacial score (nSPS) is 10.7. The lowest BCUT2D eigenvalue weighted by Gasteiger charge is -2.08. The van der Waals surface area contributed by atoms with Gasteiger partial charge in [-0.05, 0) is 35.1 Å². The molecule has 134 valence electrons. The van der Waals surface area contributed by atoms with Crippen molar-refractivity contribution in [2.45, 2.75) is 24.6 Å². The van der Waals surface area contributed by atoms with Gasteiger partial charge in [-0.3, -0.25) is 10.1 Å². The molecule has 2 rings (SSSR count). The van der Waals surface area contributed by atoms with Gasteiger partial charge in [0.25, 0.3) is 5.91 Å². The van der Waals surface area contributed by atoms with Crippen molar-refractivity contribution in [1.82, 2.24) is 9.69 Å². The van der Waals surface area contributed by atoms with Gasteiger partial charge in [-0.1, -0.05) is 37.7 Å². The molecule has 0 saturated carbocycles. The summed E-state index contributed by atoms with van der Waals surface area (Å²) in [6, 6.07) is 5.67. The van der Waals surface area contributed by atoms with Gasteiger partial charge in [0.05, 0.1) is 0 Å². The molecule has 1 aromatic carbocycles. The van der Waals surface area contributed by atoms with E-state index in [0.717, 1.165) is 17.1 Å². The fourth-order valence-electron chi connectivity index (χ4n) is 1.85. The van der Waals surface area contributed by atoms with Gasteiger partial charge < -0.3 is 11.1 Å². The molecular formula is C16H19FN4O2S2. The lowest BCUT2D eigenvalue weighted by Crippen LogP contribution is -2.32. The van der Waals surface area contributed by atoms with Crippen molar-refractivity contribution in [3.63, 3.8) is 0 Å². The quantitative estimate of drug-likeness (QED) is 0.639. The first-order valence-corrected chi connectivity index (χ1v) is 9.34. The number of halogens is 1. The Bertz CT molecular complexity index is 747. The summed E-state index contributed by atoms with van der Waals surface area (Å²) in [6.07, 6.45) is 0. The van der Waals surface area contributed by atoms with E-state index in [0.29, 0.717) is 28.2 Å². The Balaban J connectivity index is 2.06. The molecule has 6 nitrogen and oxygen atoms in total. The van der Waals surface area contributed by atoms with Gasteiger partial charge in [-0.25, -0.2) is 9.18 Å². The number of hydrogen-bond donors (Lipinski definition) is 3. The molecule has 0 fully saturated rings. The molecule has 1 heterocycles. The van der Waals surface area contributed by atoms with Crippen LogP contribution in [0.2, 0.25) is 0 Å². The van der Waals surface area contributed by atoms with Crippen LogP contribution in [0.5, 0.6) is 0 Å². The third kappa shape index (κ3) is 5.71. The Kier molecular flexibility index (Phi) is 6.77. The van der Waals surface area contributed by atoms with E-state index < -0.39 is 11.9 Å². The fourth-order valence-corrected chi connectivity index (χ4v) is 3.78. The zero-order chi connectivity index (χ0) is 18.4. The molecule has 0 atom stereocenters. The topological polar surface area (TPSA) is 97.1 Å². The molecule has 0 aliphatic heterocycles. The molecule has 9 heteroatoms. The summed E-state index contributed by atoms with van der Waals surface area (Å²) in [5.74, 6) is -0.151. The number of amides is 3. The van der Waals surface area contributed by atoms with Crippen molar-refractivity contribution >= 4 is 40.2 Å². The van der Waals surface area contributed by atoms with Crippen molar-refractivity contribution in [3.8, 4) is 0 Å². The van der Waals surface area contributed by atoms with Crippen LogP contribution in [0, 0.1) is 11.7 Å². The van der Waals surface area contributed by atoms with Gasteiger partial charge in [0.2, 0.25) is 0 Å². The molecule has 0 saturated heterocycles. The van der Waals surface area contributed by atoms with Crippen LogP contribution in [0.1, 0.15) is 29.8 Å². The van der Waals surface area contributed by atoms with Gasteiger partial charge in [0.1, 0.15) is 21.4 Å². The summed E-state index contributed by atoms with van der Waals surface area (Å²) in [6.45, 7) is 4.47. The van der Waals surface area contributed by atoms with Crippen LogP contribution in [0.4, 0.5) is 14.2 Å². The number of anilines is 1. The van der Waals surface area contributed by atoms with E-state index in [1.54, 1.807) is 12.1 Å². The number of carbonyl (C=O) groups excluding carboxylic acids is 2. The smallest absolute Gasteiger partial charge is 0.319 e. The molecule has 0 spiro atoms. The van der Waals surface area contributed by atoms with Crippen LogP contribution < -0.4 is 16.4 Å². The number of benzene rings is 1. The molecule has 0 aliphatic rings. The number of aromatic nitrogens is 1. The minimum Gasteiger partial charge on any atom is -0.365 e. The first-order chi connectivity index (χ1) is 11.9. The zero-order valence-corrected chi connectivity index (χ0v) is 15.5. The molecule has 1 aromatic heterocycles. The third-order valence-electron chi connectivity index (χ3n) is 3.09. The number of nitrogens with zero attached hydrogens (tertiary/aromatic N) is 1. The summed E-state index contributed by atoms with van der Waals surface area (Å²) >= 11 is 2.31. The van der Waals surface area contributed by atoms with Crippen LogP contribution in [-0.4, -0.2) is 22.9 Å². The number of nitrogens with two attached hydrogens (primary N) is 1. The van der Waals surface area contributed by atoms with Crippen LogP contribution in [0.25, 0.3) is 0 Å². The molecule has 0 radical (unpaired) electrons. The first kappa shape index (κ1) is 19.2. The first-order valence-electron chi connectivity index (χ1n) is 7.58. The highest BCUT2D eigenvalue weighted by molar-refractivity contribution is 7.98. The van der Waals surface area contributed by atoms with Gasteiger partial charge in [0, 0.05) is 12.3 Å². The van der Waals surface area contributed by atoms with E-state index in [-0.39, 0.29) is 11.4 Å². The molecule has 2 aromatic rings. The minimum atomic E-state index is -0.658. The molecule has 3 amide bonds. The summed E-state index contributed by atoms with van der Waals surface area (Å²) in [7, 11) is 0. The Morgan fingerprint density at radius 1 is 1.32 bits per heavy atom. The number of nitrogens with one attached hydrogen (secondary N) is 2. The Labute approximate surface area is 153 Å². The van der Waals surface area contributed by atoms with E-state index in [1.165, 1.54) is 23.9 Å². The van der Waals surface area contributed by atoms with Crippen molar-refractivity contribution in [2.75, 3.05) is 11.9 Å². The largest absolute Gasteiger partial charge is 0.365 e. The van der Waals surface area contributed by atoms with Gasteiger partial charge in [-0.15, -0.1) is 0 Å². The SMILES string of the molecule is CC(C)CNC(=O)Nc1snc(SCc2ccc(F)cc2)c1C(N)=O. The average Bonchev–Trinajstić information content (AvgIpc) is 2.95. The van der Waals surface area contributed by atoms with Crippen LogP contribution in [-0.2, 0) is 5.75 Å². The number of rotatable bonds is 7. The average molecular weight is 382 g/mol. The Morgan fingerprint density at radius 3 is 2.60 bits per heavy atom. The third-order valence-corrected chi connectivity index (χ3v) is 5.02. The predicted molar refractivity (Wildman–Crippen MR) is 98.5 cm³/mol. The number of carbonyl (C=O) groups is 2. The molecule has 0 bridgehead atoms. The van der Waals surface area contributed by atoms with E-state index in [2.05, 4.69) is 15.0 Å². The number of thioether (sulfide) groups is 1. The second-order valence-electron chi connectivity index (χ2n) is 5.70. The van der Waals surface area contributed by atoms with Crippen molar-refractivity contribution in [3.05, 3.63) is 41.2 Å². The molecule has 0 unspecified atom stereocenters. The number of primary amides is 1. The molecule has 25 heavy (non-hydrogen) atoms. The van der Waals surface area contributed by atoms with Crippen molar-refractivity contribution in [2.24, 2.45) is 11.7 Å². The Hall–Kier alpha value is -2.13. The lowest BCUT2D eigenvalue weighted by molar-refractivity contribution is 0.0998. The maximum absolute atomic E-state index is 12.9. The van der Waals surface area contributed by atoms with Crippen LogP contribution in [0.3, 0.4) is 0 Å². The molecule has 4 N–H and O–H groups in total. The maximum Gasteiger partial charge on any atom is 0.319 e. The summed E-state index contributed by atoms with van der Waals surface area (Å²) in [5, 5.41) is 6.08. The van der Waals surface area contributed by atoms with E-state index >= 15 is 0 Å². The standard InChI is InChI=1S/C16H19FN4O2S2/c1-9(2)7-19-16(23)20-14-12(13(18)22)15(21-25-14)24-8-10-3-5-11(17)6-4-10/h3-6,9H,7-8H2,1-2H3,(H2,18,22)(H2,19,20,23). The second-order valence-corrected chi connectivity index (χ2v) is 7.44. The predicted octanol–water partition coefficient (Wildman–Crippen LogP) is 3.45.